The summed E-state index contributed by atoms with van der Waals surface area (Å²) in [5, 5.41) is 14.3. The largest absolute Gasteiger partial charge is 0.281 e. The van der Waals surface area contributed by atoms with Crippen LogP contribution in [0.15, 0.2) is 64.1 Å². The normalized spacial score (nSPS) is 19.0. The van der Waals surface area contributed by atoms with Gasteiger partial charge in [0.15, 0.2) is 0 Å². The lowest BCUT2D eigenvalue weighted by Crippen LogP contribution is -2.30. The predicted molar refractivity (Wildman–Crippen MR) is 104 cm³/mol. The maximum atomic E-state index is 4.65. The van der Waals surface area contributed by atoms with E-state index in [0.29, 0.717) is 0 Å². The van der Waals surface area contributed by atoms with Crippen LogP contribution in [0.1, 0.15) is 22.5 Å². The van der Waals surface area contributed by atoms with E-state index in [1.807, 2.05) is 5.51 Å². The van der Waals surface area contributed by atoms with Gasteiger partial charge in [-0.05, 0) is 17.0 Å². The van der Waals surface area contributed by atoms with Crippen molar-refractivity contribution in [2.75, 3.05) is 0 Å². The Morgan fingerprint density at radius 2 is 1.96 bits per heavy atom. The average molecular weight is 361 g/mol. The number of fused-ring (bicyclic) bond motifs is 1. The summed E-state index contributed by atoms with van der Waals surface area (Å²) in [6, 6.07) is 12.7. The number of nitrogens with one attached hydrogen (secondary N) is 1. The van der Waals surface area contributed by atoms with Crippen LogP contribution in [0.4, 0.5) is 0 Å². The highest BCUT2D eigenvalue weighted by molar-refractivity contribution is 7.08. The third-order valence-corrected chi connectivity index (χ3v) is 6.12. The number of thiazole rings is 1. The molecule has 3 heterocycles. The Labute approximate surface area is 153 Å². The number of thiophene rings is 1. The molecular weight excluding hydrogens is 346 g/mol. The molecule has 3 aromatic heterocycles. The van der Waals surface area contributed by atoms with Crippen molar-refractivity contribution in [3.8, 4) is 11.3 Å². The Balaban J connectivity index is 1.66. The molecule has 1 atom stereocenters. The number of aromatic amines is 1. The lowest BCUT2D eigenvalue weighted by molar-refractivity contribution is 0.605. The molecule has 1 aliphatic carbocycles. The highest BCUT2D eigenvalue weighted by atomic mass is 32.1. The smallest absolute Gasteiger partial charge is 0.100 e. The van der Waals surface area contributed by atoms with Gasteiger partial charge in [-0.25, -0.2) is 4.98 Å². The van der Waals surface area contributed by atoms with E-state index in [0.717, 1.165) is 17.8 Å². The van der Waals surface area contributed by atoms with Crippen molar-refractivity contribution in [3.05, 3.63) is 86.6 Å². The quantitative estimate of drug-likeness (QED) is 0.548. The zero-order valence-corrected chi connectivity index (χ0v) is 15.0. The van der Waals surface area contributed by atoms with Gasteiger partial charge in [-0.2, -0.15) is 16.4 Å². The minimum absolute atomic E-state index is 0.243. The number of rotatable bonds is 3. The standard InChI is InChI=1S/C20H15N3S2/c1-2-4-15(5-3-1)20(18-12-25-13-21-18)8-6-16-17(10-20)22-23-19(16)14-7-9-24-11-14/h1-9,11-13H,10H2,(H,22,23). The third-order valence-electron chi connectivity index (χ3n) is 4.85. The van der Waals surface area contributed by atoms with Gasteiger partial charge in [-0.3, -0.25) is 5.10 Å². The van der Waals surface area contributed by atoms with Crippen LogP contribution in [-0.4, -0.2) is 15.2 Å². The molecule has 0 saturated carbocycles. The number of allylic oxidation sites excluding steroid dienone is 1. The molecule has 1 unspecified atom stereocenters. The van der Waals surface area contributed by atoms with E-state index >= 15 is 0 Å². The van der Waals surface area contributed by atoms with Crippen LogP contribution < -0.4 is 0 Å². The van der Waals surface area contributed by atoms with E-state index in [1.165, 1.54) is 22.4 Å². The second kappa shape index (κ2) is 5.79. The molecule has 1 aliphatic rings. The van der Waals surface area contributed by atoms with Gasteiger partial charge in [0.1, 0.15) is 5.69 Å². The molecule has 122 valence electrons. The monoisotopic (exact) mass is 361 g/mol. The molecule has 25 heavy (non-hydrogen) atoms. The molecule has 0 amide bonds. The zero-order chi connectivity index (χ0) is 16.7. The van der Waals surface area contributed by atoms with Crippen LogP contribution in [0.3, 0.4) is 0 Å². The van der Waals surface area contributed by atoms with Gasteiger partial charge in [-0.15, -0.1) is 11.3 Å². The second-order valence-corrected chi connectivity index (χ2v) is 7.70. The molecule has 5 heteroatoms. The van der Waals surface area contributed by atoms with E-state index in [9.17, 15) is 0 Å². The Morgan fingerprint density at radius 1 is 1.04 bits per heavy atom. The van der Waals surface area contributed by atoms with E-state index < -0.39 is 0 Å². The number of aromatic nitrogens is 3. The van der Waals surface area contributed by atoms with Gasteiger partial charge in [0.25, 0.3) is 0 Å². The Kier molecular flexibility index (Phi) is 3.43. The molecule has 0 bridgehead atoms. The number of nitrogens with zero attached hydrogens (tertiary/aromatic N) is 2. The summed E-state index contributed by atoms with van der Waals surface area (Å²) >= 11 is 3.34. The Hall–Kier alpha value is -2.50. The van der Waals surface area contributed by atoms with Crippen molar-refractivity contribution in [2.24, 2.45) is 0 Å². The fourth-order valence-electron chi connectivity index (χ4n) is 3.57. The number of benzene rings is 1. The van der Waals surface area contributed by atoms with Crippen molar-refractivity contribution < 1.29 is 0 Å². The number of H-pyrrole nitrogens is 1. The van der Waals surface area contributed by atoms with Crippen LogP contribution in [0.5, 0.6) is 0 Å². The molecule has 0 aliphatic heterocycles. The number of hydrogen-bond acceptors (Lipinski definition) is 4. The first-order chi connectivity index (χ1) is 12.4. The first kappa shape index (κ1) is 14.8. The lowest BCUT2D eigenvalue weighted by atomic mass is 9.71. The van der Waals surface area contributed by atoms with E-state index in [-0.39, 0.29) is 5.41 Å². The highest BCUT2D eigenvalue weighted by Crippen LogP contribution is 2.42. The van der Waals surface area contributed by atoms with Gasteiger partial charge < -0.3 is 0 Å². The lowest BCUT2D eigenvalue weighted by Gasteiger charge is -2.32. The molecule has 0 radical (unpaired) electrons. The molecule has 0 fully saturated rings. The number of hydrogen-bond donors (Lipinski definition) is 1. The molecule has 1 aromatic carbocycles. The molecule has 0 spiro atoms. The first-order valence-corrected chi connectivity index (χ1v) is 9.99. The summed E-state index contributed by atoms with van der Waals surface area (Å²) in [6.45, 7) is 0. The summed E-state index contributed by atoms with van der Waals surface area (Å²) in [5.41, 5.74) is 8.59. The van der Waals surface area contributed by atoms with Crippen LogP contribution in [0.25, 0.3) is 17.3 Å². The van der Waals surface area contributed by atoms with Crippen molar-refractivity contribution in [1.82, 2.24) is 15.2 Å². The van der Waals surface area contributed by atoms with E-state index in [2.05, 4.69) is 79.9 Å². The summed E-state index contributed by atoms with van der Waals surface area (Å²) < 4.78 is 0. The predicted octanol–water partition coefficient (Wildman–Crippen LogP) is 5.15. The van der Waals surface area contributed by atoms with Crippen molar-refractivity contribution >= 4 is 28.7 Å². The summed E-state index contributed by atoms with van der Waals surface area (Å²) in [7, 11) is 0. The van der Waals surface area contributed by atoms with Crippen molar-refractivity contribution in [1.29, 1.82) is 0 Å². The SMILES string of the molecule is C1=CC(c2ccccc2)(c2cscn2)Cc2[nH]nc(-c3ccsc3)c21. The molecule has 5 rings (SSSR count). The van der Waals surface area contributed by atoms with Gasteiger partial charge >= 0.3 is 0 Å². The maximum Gasteiger partial charge on any atom is 0.100 e. The first-order valence-electron chi connectivity index (χ1n) is 8.10. The summed E-state index contributed by atoms with van der Waals surface area (Å²) in [5.74, 6) is 0. The van der Waals surface area contributed by atoms with Crippen LogP contribution in [0.2, 0.25) is 0 Å². The minimum atomic E-state index is -0.243. The van der Waals surface area contributed by atoms with E-state index in [4.69, 9.17) is 0 Å². The fraction of sp³-hybridized carbons (Fsp3) is 0.100. The molecule has 4 aromatic rings. The third kappa shape index (κ3) is 2.31. The fourth-order valence-corrected chi connectivity index (χ4v) is 4.85. The van der Waals surface area contributed by atoms with Gasteiger partial charge in [0, 0.05) is 34.0 Å². The molecular formula is C20H15N3S2. The average Bonchev–Trinajstić information content (AvgIpc) is 3.42. The second-order valence-electron chi connectivity index (χ2n) is 6.20. The summed E-state index contributed by atoms with van der Waals surface area (Å²) in [4.78, 5) is 4.65. The van der Waals surface area contributed by atoms with Gasteiger partial charge in [-0.1, -0.05) is 42.5 Å². The minimum Gasteiger partial charge on any atom is -0.281 e. The van der Waals surface area contributed by atoms with Crippen molar-refractivity contribution in [2.45, 2.75) is 11.8 Å². The van der Waals surface area contributed by atoms with Crippen molar-refractivity contribution in [3.63, 3.8) is 0 Å². The van der Waals surface area contributed by atoms with Crippen LogP contribution in [0, 0.1) is 0 Å². The topological polar surface area (TPSA) is 41.6 Å². The Morgan fingerprint density at radius 3 is 2.72 bits per heavy atom. The molecule has 1 N–H and O–H groups in total. The summed E-state index contributed by atoms with van der Waals surface area (Å²) in [6.07, 6.45) is 5.34. The molecule has 3 nitrogen and oxygen atoms in total. The highest BCUT2D eigenvalue weighted by Gasteiger charge is 2.38. The maximum absolute atomic E-state index is 4.65. The van der Waals surface area contributed by atoms with Crippen LogP contribution >= 0.6 is 22.7 Å². The van der Waals surface area contributed by atoms with E-state index in [1.54, 1.807) is 22.7 Å². The van der Waals surface area contributed by atoms with Crippen LogP contribution in [-0.2, 0) is 11.8 Å². The molecule has 0 saturated heterocycles. The zero-order valence-electron chi connectivity index (χ0n) is 13.3. The Bertz CT molecular complexity index is 1010. The van der Waals surface area contributed by atoms with Gasteiger partial charge in [0.2, 0.25) is 0 Å². The van der Waals surface area contributed by atoms with Gasteiger partial charge in [0.05, 0.1) is 16.6 Å².